The maximum Gasteiger partial charge on any atom is 0.303 e. The Balaban J connectivity index is 1.93. The summed E-state index contributed by atoms with van der Waals surface area (Å²) in [5.41, 5.74) is 1.00. The molecular formula is C11H15NO3S. The van der Waals surface area contributed by atoms with Crippen molar-refractivity contribution >= 4 is 17.7 Å². The van der Waals surface area contributed by atoms with Crippen LogP contribution in [0.1, 0.15) is 36.8 Å². The maximum atomic E-state index is 10.4. The lowest BCUT2D eigenvalue weighted by molar-refractivity contribution is -0.137. The molecule has 88 valence electrons. The van der Waals surface area contributed by atoms with Gasteiger partial charge in [0.15, 0.2) is 5.89 Å². The van der Waals surface area contributed by atoms with Crippen LogP contribution in [0.25, 0.3) is 0 Å². The summed E-state index contributed by atoms with van der Waals surface area (Å²) in [6.07, 6.45) is 4.46. The van der Waals surface area contributed by atoms with Crippen LogP contribution >= 0.6 is 11.8 Å². The maximum absolute atomic E-state index is 10.4. The molecule has 1 fully saturated rings. The molecule has 0 spiro atoms. The second-order valence-electron chi connectivity index (χ2n) is 3.95. The predicted molar refractivity (Wildman–Crippen MR) is 61.8 cm³/mol. The van der Waals surface area contributed by atoms with Crippen molar-refractivity contribution in [1.82, 2.24) is 4.98 Å². The summed E-state index contributed by atoms with van der Waals surface area (Å²) in [6.45, 7) is 0. The number of hydrogen-bond acceptors (Lipinski definition) is 4. The van der Waals surface area contributed by atoms with Crippen LogP contribution in [0.2, 0.25) is 0 Å². The Hall–Kier alpha value is -0.970. The molecule has 1 aromatic heterocycles. The smallest absolute Gasteiger partial charge is 0.303 e. The van der Waals surface area contributed by atoms with E-state index in [1.165, 1.54) is 11.5 Å². The van der Waals surface area contributed by atoms with Gasteiger partial charge in [-0.2, -0.15) is 11.8 Å². The van der Waals surface area contributed by atoms with E-state index in [9.17, 15) is 4.79 Å². The normalized spacial score (nSPS) is 17.5. The molecule has 5 heteroatoms. The highest BCUT2D eigenvalue weighted by Gasteiger charge is 2.19. The van der Waals surface area contributed by atoms with E-state index >= 15 is 0 Å². The van der Waals surface area contributed by atoms with Gasteiger partial charge in [-0.1, -0.05) is 0 Å². The van der Waals surface area contributed by atoms with Crippen molar-refractivity contribution in [1.29, 1.82) is 0 Å². The van der Waals surface area contributed by atoms with Crippen LogP contribution in [0, 0.1) is 0 Å². The fraction of sp³-hybridized carbons (Fsp3) is 0.636. The van der Waals surface area contributed by atoms with Crippen molar-refractivity contribution < 1.29 is 14.3 Å². The number of aliphatic carboxylic acids is 1. The fourth-order valence-electron chi connectivity index (χ4n) is 1.83. The summed E-state index contributed by atoms with van der Waals surface area (Å²) in [7, 11) is 0. The molecule has 0 amide bonds. The first-order valence-corrected chi connectivity index (χ1v) is 6.65. The van der Waals surface area contributed by atoms with E-state index in [2.05, 4.69) is 4.98 Å². The number of hydrogen-bond donors (Lipinski definition) is 1. The van der Waals surface area contributed by atoms with E-state index < -0.39 is 5.97 Å². The molecule has 0 aromatic carbocycles. The molecule has 0 atom stereocenters. The molecular weight excluding hydrogens is 226 g/mol. The van der Waals surface area contributed by atoms with Crippen molar-refractivity contribution in [3.8, 4) is 0 Å². The van der Waals surface area contributed by atoms with Gasteiger partial charge in [-0.05, 0) is 24.3 Å². The number of carboxylic acids is 1. The largest absolute Gasteiger partial charge is 0.481 e. The van der Waals surface area contributed by atoms with Gasteiger partial charge in [0.2, 0.25) is 0 Å². The van der Waals surface area contributed by atoms with Crippen LogP contribution in [0.5, 0.6) is 0 Å². The van der Waals surface area contributed by atoms with Gasteiger partial charge in [0.1, 0.15) is 6.26 Å². The molecule has 0 radical (unpaired) electrons. The van der Waals surface area contributed by atoms with E-state index in [4.69, 9.17) is 9.52 Å². The molecule has 1 N–H and O–H groups in total. The van der Waals surface area contributed by atoms with E-state index in [1.807, 2.05) is 11.8 Å². The minimum absolute atomic E-state index is 0.0838. The zero-order valence-corrected chi connectivity index (χ0v) is 9.83. The second-order valence-corrected chi connectivity index (χ2v) is 5.17. The summed E-state index contributed by atoms with van der Waals surface area (Å²) >= 11 is 1.98. The topological polar surface area (TPSA) is 63.3 Å². The Morgan fingerprint density at radius 1 is 1.56 bits per heavy atom. The van der Waals surface area contributed by atoms with Crippen LogP contribution in [-0.2, 0) is 11.2 Å². The van der Waals surface area contributed by atoms with Gasteiger partial charge in [-0.25, -0.2) is 4.98 Å². The molecule has 0 saturated carbocycles. The second kappa shape index (κ2) is 5.39. The third kappa shape index (κ3) is 3.01. The number of oxazole rings is 1. The standard InChI is InChI=1S/C11H15NO3S/c13-11(14)2-1-10-12-9(7-15-10)8-3-5-16-6-4-8/h7-8H,1-6H2,(H,13,14). The van der Waals surface area contributed by atoms with Crippen molar-refractivity contribution in [2.45, 2.75) is 31.6 Å². The summed E-state index contributed by atoms with van der Waals surface area (Å²) in [5, 5.41) is 8.56. The van der Waals surface area contributed by atoms with Gasteiger partial charge in [-0.3, -0.25) is 4.79 Å². The average molecular weight is 241 g/mol. The van der Waals surface area contributed by atoms with Gasteiger partial charge < -0.3 is 9.52 Å². The third-order valence-corrected chi connectivity index (χ3v) is 3.81. The molecule has 0 unspecified atom stereocenters. The molecule has 2 heterocycles. The van der Waals surface area contributed by atoms with Gasteiger partial charge in [-0.15, -0.1) is 0 Å². The van der Waals surface area contributed by atoms with Crippen molar-refractivity contribution in [2.75, 3.05) is 11.5 Å². The first-order chi connectivity index (χ1) is 7.75. The first kappa shape index (κ1) is 11.5. The SMILES string of the molecule is O=C(O)CCc1nc(C2CCSCC2)co1. The number of carboxylic acid groups (broad SMARTS) is 1. The Morgan fingerprint density at radius 3 is 3.00 bits per heavy atom. The van der Waals surface area contributed by atoms with Crippen molar-refractivity contribution in [2.24, 2.45) is 0 Å². The highest BCUT2D eigenvalue weighted by Crippen LogP contribution is 2.30. The van der Waals surface area contributed by atoms with E-state index in [1.54, 1.807) is 6.26 Å². The van der Waals surface area contributed by atoms with E-state index in [0.717, 1.165) is 18.5 Å². The predicted octanol–water partition coefficient (Wildman–Crippen LogP) is 2.30. The summed E-state index contributed by atoms with van der Waals surface area (Å²) < 4.78 is 5.29. The number of thioether (sulfide) groups is 1. The number of aryl methyl sites for hydroxylation is 1. The highest BCUT2D eigenvalue weighted by atomic mass is 32.2. The third-order valence-electron chi connectivity index (χ3n) is 2.76. The zero-order valence-electron chi connectivity index (χ0n) is 9.02. The van der Waals surface area contributed by atoms with Gasteiger partial charge >= 0.3 is 5.97 Å². The monoisotopic (exact) mass is 241 g/mol. The lowest BCUT2D eigenvalue weighted by atomic mass is 10.00. The van der Waals surface area contributed by atoms with E-state index in [0.29, 0.717) is 18.2 Å². The zero-order chi connectivity index (χ0) is 11.4. The lowest BCUT2D eigenvalue weighted by Crippen LogP contribution is -2.08. The molecule has 1 aliphatic rings. The molecule has 1 aromatic rings. The van der Waals surface area contributed by atoms with Crippen LogP contribution in [0.4, 0.5) is 0 Å². The summed E-state index contributed by atoms with van der Waals surface area (Å²) in [4.78, 5) is 14.8. The van der Waals surface area contributed by atoms with Crippen LogP contribution < -0.4 is 0 Å². The number of aromatic nitrogens is 1. The minimum Gasteiger partial charge on any atom is -0.481 e. The Kier molecular flexibility index (Phi) is 3.88. The summed E-state index contributed by atoms with van der Waals surface area (Å²) in [5.74, 6) is 2.61. The Morgan fingerprint density at radius 2 is 2.31 bits per heavy atom. The first-order valence-electron chi connectivity index (χ1n) is 5.49. The highest BCUT2D eigenvalue weighted by molar-refractivity contribution is 7.99. The molecule has 16 heavy (non-hydrogen) atoms. The fourth-order valence-corrected chi connectivity index (χ4v) is 2.94. The number of rotatable bonds is 4. The molecule has 0 aliphatic carbocycles. The number of carbonyl (C=O) groups is 1. The van der Waals surface area contributed by atoms with Crippen LogP contribution in [0.15, 0.2) is 10.7 Å². The summed E-state index contributed by atoms with van der Waals surface area (Å²) in [6, 6.07) is 0. The van der Waals surface area contributed by atoms with Crippen LogP contribution in [0.3, 0.4) is 0 Å². The van der Waals surface area contributed by atoms with Gasteiger partial charge in [0.05, 0.1) is 12.1 Å². The Labute approximate surface area is 98.4 Å². The number of nitrogens with zero attached hydrogens (tertiary/aromatic N) is 1. The van der Waals surface area contributed by atoms with E-state index in [-0.39, 0.29) is 6.42 Å². The van der Waals surface area contributed by atoms with Crippen molar-refractivity contribution in [3.05, 3.63) is 17.8 Å². The molecule has 4 nitrogen and oxygen atoms in total. The minimum atomic E-state index is -0.811. The molecule has 0 bridgehead atoms. The Bertz CT molecular complexity index is 358. The van der Waals surface area contributed by atoms with Crippen LogP contribution in [-0.4, -0.2) is 27.6 Å². The van der Waals surface area contributed by atoms with Gasteiger partial charge in [0.25, 0.3) is 0 Å². The van der Waals surface area contributed by atoms with Gasteiger partial charge in [0, 0.05) is 12.3 Å². The molecule has 1 aliphatic heterocycles. The quantitative estimate of drug-likeness (QED) is 0.876. The van der Waals surface area contributed by atoms with Crippen molar-refractivity contribution in [3.63, 3.8) is 0 Å². The molecule has 2 rings (SSSR count). The average Bonchev–Trinajstić information content (AvgIpc) is 2.76. The lowest BCUT2D eigenvalue weighted by Gasteiger charge is -2.18. The molecule has 1 saturated heterocycles.